The summed E-state index contributed by atoms with van der Waals surface area (Å²) in [4.78, 5) is 8.63. The van der Waals surface area contributed by atoms with E-state index in [-0.39, 0.29) is 6.04 Å². The summed E-state index contributed by atoms with van der Waals surface area (Å²) in [5.74, 6) is 1.74. The fourth-order valence-electron chi connectivity index (χ4n) is 1.05. The number of rotatable bonds is 4. The first-order chi connectivity index (χ1) is 5.77. The molecule has 4 heteroatoms. The van der Waals surface area contributed by atoms with Crippen LogP contribution in [0.3, 0.4) is 0 Å². The topological polar surface area (TPSA) is 50.7 Å². The number of amidine groups is 1. The maximum absolute atomic E-state index is 5.85. The Morgan fingerprint density at radius 2 is 2.42 bits per heavy atom. The number of hydrogen-bond acceptors (Lipinski definition) is 4. The van der Waals surface area contributed by atoms with Crippen LogP contribution in [0, 0.1) is 0 Å². The van der Waals surface area contributed by atoms with Gasteiger partial charge >= 0.3 is 0 Å². The molecular weight excluding hydrogens is 170 g/mol. The lowest BCUT2D eigenvalue weighted by Crippen LogP contribution is -2.30. The third kappa shape index (κ3) is 2.32. The Labute approximate surface area is 77.5 Å². The van der Waals surface area contributed by atoms with Gasteiger partial charge < -0.3 is 5.73 Å². The van der Waals surface area contributed by atoms with Crippen LogP contribution in [0.15, 0.2) is 9.98 Å². The predicted octanol–water partition coefficient (Wildman–Crippen LogP) is 0.940. The van der Waals surface area contributed by atoms with E-state index in [1.807, 2.05) is 6.26 Å². The number of nitrogens with two attached hydrogens (primary N) is 1. The van der Waals surface area contributed by atoms with Crippen molar-refractivity contribution in [2.45, 2.75) is 19.4 Å². The van der Waals surface area contributed by atoms with Crippen molar-refractivity contribution < 1.29 is 0 Å². The van der Waals surface area contributed by atoms with Crippen LogP contribution in [0.2, 0.25) is 0 Å². The van der Waals surface area contributed by atoms with Gasteiger partial charge in [0.15, 0.2) is 0 Å². The van der Waals surface area contributed by atoms with Gasteiger partial charge in [0.2, 0.25) is 0 Å². The maximum Gasteiger partial charge on any atom is 0.141 e. The van der Waals surface area contributed by atoms with Crippen molar-refractivity contribution in [3.8, 4) is 0 Å². The molecule has 1 atom stereocenters. The molecule has 3 nitrogen and oxygen atoms in total. The predicted molar refractivity (Wildman–Crippen MR) is 56.4 cm³/mol. The molecule has 0 bridgehead atoms. The van der Waals surface area contributed by atoms with E-state index in [1.165, 1.54) is 0 Å². The fraction of sp³-hybridized carbons (Fsp3) is 0.750. The minimum absolute atomic E-state index is 0.0176. The number of nitrogens with zero attached hydrogens (tertiary/aromatic N) is 2. The molecule has 0 saturated heterocycles. The summed E-state index contributed by atoms with van der Waals surface area (Å²) >= 11 is 1.73. The highest BCUT2D eigenvalue weighted by Crippen LogP contribution is 2.05. The Kier molecular flexibility index (Phi) is 3.75. The molecule has 1 heterocycles. The summed E-state index contributed by atoms with van der Waals surface area (Å²) in [5.41, 5.74) is 7.00. The Hall–Kier alpha value is -0.350. The SMILES string of the molecule is CCC1=NC(C(N)CSC)=NC1. The monoisotopic (exact) mass is 185 g/mol. The molecule has 12 heavy (non-hydrogen) atoms. The van der Waals surface area contributed by atoms with Crippen LogP contribution >= 0.6 is 11.8 Å². The van der Waals surface area contributed by atoms with Crippen LogP contribution in [0.1, 0.15) is 13.3 Å². The van der Waals surface area contributed by atoms with Crippen LogP contribution in [-0.2, 0) is 0 Å². The van der Waals surface area contributed by atoms with Crippen LogP contribution in [-0.4, -0.2) is 36.1 Å². The summed E-state index contributed by atoms with van der Waals surface area (Å²) in [7, 11) is 0. The molecule has 0 aromatic rings. The molecule has 0 aromatic heterocycles. The summed E-state index contributed by atoms with van der Waals surface area (Å²) in [6.45, 7) is 2.85. The van der Waals surface area contributed by atoms with Crippen LogP contribution < -0.4 is 5.73 Å². The first kappa shape index (κ1) is 9.74. The largest absolute Gasteiger partial charge is 0.321 e. The van der Waals surface area contributed by atoms with Gasteiger partial charge in [0, 0.05) is 11.5 Å². The lowest BCUT2D eigenvalue weighted by molar-refractivity contribution is 0.976. The van der Waals surface area contributed by atoms with Crippen LogP contribution in [0.5, 0.6) is 0 Å². The highest BCUT2D eigenvalue weighted by molar-refractivity contribution is 7.98. The molecule has 68 valence electrons. The van der Waals surface area contributed by atoms with Gasteiger partial charge in [0.05, 0.1) is 12.6 Å². The highest BCUT2D eigenvalue weighted by Gasteiger charge is 2.14. The van der Waals surface area contributed by atoms with E-state index in [9.17, 15) is 0 Å². The van der Waals surface area contributed by atoms with Crippen molar-refractivity contribution in [3.05, 3.63) is 0 Å². The first-order valence-corrected chi connectivity index (χ1v) is 5.52. The average Bonchev–Trinajstić information content (AvgIpc) is 2.52. The number of thioether (sulfide) groups is 1. The number of aliphatic imine (C=N–C) groups is 2. The van der Waals surface area contributed by atoms with E-state index in [2.05, 4.69) is 16.9 Å². The van der Waals surface area contributed by atoms with E-state index in [1.54, 1.807) is 11.8 Å². The molecule has 1 unspecified atom stereocenters. The van der Waals surface area contributed by atoms with Crippen molar-refractivity contribution in [2.24, 2.45) is 15.7 Å². The molecule has 0 radical (unpaired) electrons. The minimum atomic E-state index is 0.0176. The Balaban J connectivity index is 2.48. The minimum Gasteiger partial charge on any atom is -0.321 e. The maximum atomic E-state index is 5.85. The van der Waals surface area contributed by atoms with Gasteiger partial charge in [0.25, 0.3) is 0 Å². The van der Waals surface area contributed by atoms with Crippen molar-refractivity contribution >= 4 is 23.3 Å². The normalized spacial score (nSPS) is 18.9. The zero-order valence-corrected chi connectivity index (χ0v) is 8.40. The van der Waals surface area contributed by atoms with Gasteiger partial charge in [-0.15, -0.1) is 0 Å². The Morgan fingerprint density at radius 3 is 2.92 bits per heavy atom. The molecule has 0 spiro atoms. The molecule has 1 rings (SSSR count). The van der Waals surface area contributed by atoms with Crippen molar-refractivity contribution in [1.29, 1.82) is 0 Å². The summed E-state index contributed by atoms with van der Waals surface area (Å²) in [6, 6.07) is 0.0176. The molecule has 1 aliphatic rings. The third-order valence-corrected chi connectivity index (χ3v) is 2.47. The molecular formula is C8H15N3S. The smallest absolute Gasteiger partial charge is 0.141 e. The number of hydrogen-bond donors (Lipinski definition) is 1. The molecule has 0 aromatic carbocycles. The summed E-state index contributed by atoms with van der Waals surface area (Å²) < 4.78 is 0. The van der Waals surface area contributed by atoms with E-state index in [0.717, 1.165) is 30.3 Å². The Morgan fingerprint density at radius 1 is 1.67 bits per heavy atom. The Bertz CT molecular complexity index is 210. The standard InChI is InChI=1S/C8H15N3S/c1-3-6-4-10-8(11-6)7(9)5-12-2/h7H,3-5,9H2,1-2H3. The summed E-state index contributed by atoms with van der Waals surface area (Å²) in [5, 5.41) is 0. The average molecular weight is 185 g/mol. The van der Waals surface area contributed by atoms with Crippen LogP contribution in [0.4, 0.5) is 0 Å². The molecule has 2 N–H and O–H groups in total. The zero-order valence-electron chi connectivity index (χ0n) is 7.58. The zero-order chi connectivity index (χ0) is 8.97. The van der Waals surface area contributed by atoms with Gasteiger partial charge in [-0.1, -0.05) is 6.92 Å². The molecule has 0 aliphatic carbocycles. The molecule has 0 fully saturated rings. The second-order valence-corrected chi connectivity index (χ2v) is 3.68. The molecule has 0 amide bonds. The highest BCUT2D eigenvalue weighted by atomic mass is 32.2. The van der Waals surface area contributed by atoms with Crippen molar-refractivity contribution in [1.82, 2.24) is 0 Å². The summed E-state index contributed by atoms with van der Waals surface area (Å²) in [6.07, 6.45) is 3.03. The van der Waals surface area contributed by atoms with Gasteiger partial charge in [-0.25, -0.2) is 4.99 Å². The van der Waals surface area contributed by atoms with Gasteiger partial charge in [-0.05, 0) is 12.7 Å². The van der Waals surface area contributed by atoms with E-state index < -0.39 is 0 Å². The van der Waals surface area contributed by atoms with Crippen molar-refractivity contribution in [2.75, 3.05) is 18.6 Å². The van der Waals surface area contributed by atoms with Gasteiger partial charge in [-0.3, -0.25) is 4.99 Å². The van der Waals surface area contributed by atoms with Crippen molar-refractivity contribution in [3.63, 3.8) is 0 Å². The quantitative estimate of drug-likeness (QED) is 0.708. The molecule has 1 aliphatic heterocycles. The van der Waals surface area contributed by atoms with Gasteiger partial charge in [0.1, 0.15) is 5.84 Å². The second-order valence-electron chi connectivity index (χ2n) is 2.77. The fourth-order valence-corrected chi connectivity index (χ4v) is 1.56. The third-order valence-electron chi connectivity index (χ3n) is 1.78. The molecule has 0 saturated carbocycles. The lowest BCUT2D eigenvalue weighted by atomic mass is 10.3. The van der Waals surface area contributed by atoms with E-state index in [0.29, 0.717) is 0 Å². The van der Waals surface area contributed by atoms with E-state index >= 15 is 0 Å². The lowest BCUT2D eigenvalue weighted by Gasteiger charge is -2.05. The van der Waals surface area contributed by atoms with Crippen LogP contribution in [0.25, 0.3) is 0 Å². The van der Waals surface area contributed by atoms with E-state index in [4.69, 9.17) is 5.73 Å². The first-order valence-electron chi connectivity index (χ1n) is 4.13. The second kappa shape index (κ2) is 4.62. The van der Waals surface area contributed by atoms with Gasteiger partial charge in [-0.2, -0.15) is 11.8 Å².